The van der Waals surface area contributed by atoms with Gasteiger partial charge >= 0.3 is 0 Å². The number of anilines is 1. The predicted octanol–water partition coefficient (Wildman–Crippen LogP) is 2.36. The number of aliphatic hydroxyl groups is 1. The fourth-order valence-corrected chi connectivity index (χ4v) is 2.47. The molecular weight excluding hydrogens is 294 g/mol. The van der Waals surface area contributed by atoms with Crippen molar-refractivity contribution in [1.29, 1.82) is 0 Å². The standard InChI is InChI=1S/C13H20BrN3O/c1-13(2,3)12-15-10(14)6-11(16-12)17-5-4-9(7-17)8-18/h6,9,18H,4-5,7-8H2,1-3H3. The highest BCUT2D eigenvalue weighted by Crippen LogP contribution is 2.27. The van der Waals surface area contributed by atoms with E-state index in [-0.39, 0.29) is 12.0 Å². The van der Waals surface area contributed by atoms with Crippen molar-refractivity contribution in [1.82, 2.24) is 9.97 Å². The van der Waals surface area contributed by atoms with E-state index in [1.54, 1.807) is 0 Å². The van der Waals surface area contributed by atoms with Crippen molar-refractivity contribution in [2.45, 2.75) is 32.6 Å². The number of aliphatic hydroxyl groups excluding tert-OH is 1. The number of nitrogens with zero attached hydrogens (tertiary/aromatic N) is 3. The summed E-state index contributed by atoms with van der Waals surface area (Å²) in [4.78, 5) is 11.3. The van der Waals surface area contributed by atoms with E-state index in [0.29, 0.717) is 5.92 Å². The lowest BCUT2D eigenvalue weighted by Crippen LogP contribution is -2.24. The molecule has 5 heteroatoms. The first-order valence-corrected chi connectivity index (χ1v) is 7.10. The van der Waals surface area contributed by atoms with Gasteiger partial charge in [-0.1, -0.05) is 20.8 Å². The molecule has 1 N–H and O–H groups in total. The van der Waals surface area contributed by atoms with Gasteiger partial charge in [0, 0.05) is 37.1 Å². The third-order valence-electron chi connectivity index (χ3n) is 3.22. The molecule has 1 fully saturated rings. The first-order chi connectivity index (χ1) is 8.40. The van der Waals surface area contributed by atoms with Crippen LogP contribution in [0.2, 0.25) is 0 Å². The van der Waals surface area contributed by atoms with E-state index in [1.165, 1.54) is 0 Å². The number of rotatable bonds is 2. The molecule has 0 bridgehead atoms. The van der Waals surface area contributed by atoms with Gasteiger partial charge in [-0.15, -0.1) is 0 Å². The molecule has 1 unspecified atom stereocenters. The molecule has 1 atom stereocenters. The summed E-state index contributed by atoms with van der Waals surface area (Å²) in [5, 5.41) is 9.20. The van der Waals surface area contributed by atoms with Gasteiger partial charge < -0.3 is 10.0 Å². The molecule has 0 radical (unpaired) electrons. The van der Waals surface area contributed by atoms with Crippen LogP contribution in [-0.4, -0.2) is 34.8 Å². The summed E-state index contributed by atoms with van der Waals surface area (Å²) in [6.07, 6.45) is 1.03. The van der Waals surface area contributed by atoms with Gasteiger partial charge in [-0.25, -0.2) is 9.97 Å². The quantitative estimate of drug-likeness (QED) is 0.852. The van der Waals surface area contributed by atoms with Crippen molar-refractivity contribution in [3.05, 3.63) is 16.5 Å². The average molecular weight is 314 g/mol. The van der Waals surface area contributed by atoms with Crippen LogP contribution in [0.15, 0.2) is 10.7 Å². The lowest BCUT2D eigenvalue weighted by molar-refractivity contribution is 0.238. The highest BCUT2D eigenvalue weighted by atomic mass is 79.9. The van der Waals surface area contributed by atoms with Crippen LogP contribution in [0.25, 0.3) is 0 Å². The molecule has 100 valence electrons. The largest absolute Gasteiger partial charge is 0.396 e. The van der Waals surface area contributed by atoms with Crippen LogP contribution < -0.4 is 4.90 Å². The van der Waals surface area contributed by atoms with Gasteiger partial charge in [-0.05, 0) is 22.4 Å². The number of hydrogen-bond acceptors (Lipinski definition) is 4. The minimum Gasteiger partial charge on any atom is -0.396 e. The summed E-state index contributed by atoms with van der Waals surface area (Å²) < 4.78 is 0.824. The van der Waals surface area contributed by atoms with Crippen molar-refractivity contribution in [3.63, 3.8) is 0 Å². The van der Waals surface area contributed by atoms with Gasteiger partial charge in [0.25, 0.3) is 0 Å². The van der Waals surface area contributed by atoms with E-state index < -0.39 is 0 Å². The smallest absolute Gasteiger partial charge is 0.137 e. The minimum atomic E-state index is -0.0609. The van der Waals surface area contributed by atoms with Crippen LogP contribution in [0, 0.1) is 5.92 Å². The molecule has 18 heavy (non-hydrogen) atoms. The Morgan fingerprint density at radius 3 is 2.72 bits per heavy atom. The second-order valence-electron chi connectivity index (χ2n) is 5.91. The number of halogens is 1. The van der Waals surface area contributed by atoms with E-state index in [2.05, 4.69) is 51.6 Å². The van der Waals surface area contributed by atoms with Crippen molar-refractivity contribution in [3.8, 4) is 0 Å². The van der Waals surface area contributed by atoms with E-state index in [4.69, 9.17) is 0 Å². The van der Waals surface area contributed by atoms with E-state index in [0.717, 1.165) is 35.8 Å². The minimum absolute atomic E-state index is 0.0609. The van der Waals surface area contributed by atoms with E-state index in [1.807, 2.05) is 6.07 Å². The Bertz CT molecular complexity index is 431. The molecule has 1 saturated heterocycles. The predicted molar refractivity (Wildman–Crippen MR) is 75.8 cm³/mol. The summed E-state index contributed by atoms with van der Waals surface area (Å²) in [5.41, 5.74) is -0.0609. The van der Waals surface area contributed by atoms with Crippen LogP contribution in [-0.2, 0) is 5.41 Å². The third kappa shape index (κ3) is 3.01. The van der Waals surface area contributed by atoms with Crippen molar-refractivity contribution in [2.24, 2.45) is 5.92 Å². The second kappa shape index (κ2) is 5.13. The Kier molecular flexibility index (Phi) is 3.92. The molecule has 2 heterocycles. The molecule has 4 nitrogen and oxygen atoms in total. The van der Waals surface area contributed by atoms with Crippen molar-refractivity contribution >= 4 is 21.7 Å². The van der Waals surface area contributed by atoms with Gasteiger partial charge in [0.15, 0.2) is 0 Å². The maximum Gasteiger partial charge on any atom is 0.137 e. The third-order valence-corrected chi connectivity index (χ3v) is 3.63. The molecule has 0 aromatic carbocycles. The Balaban J connectivity index is 2.26. The van der Waals surface area contributed by atoms with Gasteiger partial charge in [0.05, 0.1) is 0 Å². The monoisotopic (exact) mass is 313 g/mol. The fourth-order valence-electron chi connectivity index (χ4n) is 2.09. The van der Waals surface area contributed by atoms with E-state index in [9.17, 15) is 5.11 Å². The van der Waals surface area contributed by atoms with Crippen LogP contribution in [0.3, 0.4) is 0 Å². The maximum absolute atomic E-state index is 9.20. The summed E-state index contributed by atoms with van der Waals surface area (Å²) in [6.45, 7) is 8.42. The van der Waals surface area contributed by atoms with Crippen LogP contribution >= 0.6 is 15.9 Å². The molecular formula is C13H20BrN3O. The Morgan fingerprint density at radius 2 is 2.17 bits per heavy atom. The number of hydrogen-bond donors (Lipinski definition) is 1. The molecule has 0 saturated carbocycles. The second-order valence-corrected chi connectivity index (χ2v) is 6.72. The zero-order valence-corrected chi connectivity index (χ0v) is 12.7. The van der Waals surface area contributed by atoms with Crippen molar-refractivity contribution < 1.29 is 5.11 Å². The van der Waals surface area contributed by atoms with Gasteiger partial charge in [-0.2, -0.15) is 0 Å². The zero-order chi connectivity index (χ0) is 13.3. The molecule has 1 aromatic heterocycles. The normalized spacial score (nSPS) is 20.5. The van der Waals surface area contributed by atoms with E-state index >= 15 is 0 Å². The summed E-state index contributed by atoms with van der Waals surface area (Å²) in [6, 6.07) is 1.95. The van der Waals surface area contributed by atoms with Crippen LogP contribution in [0.5, 0.6) is 0 Å². The highest BCUT2D eigenvalue weighted by Gasteiger charge is 2.25. The average Bonchev–Trinajstić information content (AvgIpc) is 2.75. The van der Waals surface area contributed by atoms with Gasteiger partial charge in [0.1, 0.15) is 16.2 Å². The molecule has 1 aliphatic rings. The Morgan fingerprint density at radius 1 is 1.44 bits per heavy atom. The highest BCUT2D eigenvalue weighted by molar-refractivity contribution is 9.10. The number of aromatic nitrogens is 2. The van der Waals surface area contributed by atoms with Crippen LogP contribution in [0.1, 0.15) is 33.0 Å². The van der Waals surface area contributed by atoms with Crippen molar-refractivity contribution in [2.75, 3.05) is 24.6 Å². The lowest BCUT2D eigenvalue weighted by Gasteiger charge is -2.22. The fraction of sp³-hybridized carbons (Fsp3) is 0.692. The Labute approximate surface area is 117 Å². The Hall–Kier alpha value is -0.680. The topological polar surface area (TPSA) is 49.2 Å². The first kappa shape index (κ1) is 13.7. The maximum atomic E-state index is 9.20. The van der Waals surface area contributed by atoms with Gasteiger partial charge in [0.2, 0.25) is 0 Å². The molecule has 0 amide bonds. The molecule has 0 spiro atoms. The summed E-state index contributed by atoms with van der Waals surface area (Å²) in [7, 11) is 0. The molecule has 0 aliphatic carbocycles. The molecule has 2 rings (SSSR count). The summed E-state index contributed by atoms with van der Waals surface area (Å²) in [5.74, 6) is 2.17. The zero-order valence-electron chi connectivity index (χ0n) is 11.1. The molecule has 1 aliphatic heterocycles. The van der Waals surface area contributed by atoms with Crippen LogP contribution in [0.4, 0.5) is 5.82 Å². The first-order valence-electron chi connectivity index (χ1n) is 6.31. The van der Waals surface area contributed by atoms with Gasteiger partial charge in [-0.3, -0.25) is 0 Å². The lowest BCUT2D eigenvalue weighted by atomic mass is 9.96. The SMILES string of the molecule is CC(C)(C)c1nc(Br)cc(N2CCC(CO)C2)n1. The molecule has 1 aromatic rings. The summed E-state index contributed by atoms with van der Waals surface area (Å²) >= 11 is 3.46.